The van der Waals surface area contributed by atoms with Gasteiger partial charge in [-0.2, -0.15) is 0 Å². The van der Waals surface area contributed by atoms with Crippen LogP contribution < -0.4 is 22.1 Å². The Morgan fingerprint density at radius 1 is 0.960 bits per heavy atom. The van der Waals surface area contributed by atoms with Gasteiger partial charge in [0.1, 0.15) is 12.1 Å². The van der Waals surface area contributed by atoms with Crippen LogP contribution >= 0.6 is 0 Å². The quantitative estimate of drug-likeness (QED) is 0.237. The molecule has 0 aromatic heterocycles. The van der Waals surface area contributed by atoms with Gasteiger partial charge in [-0.3, -0.25) is 19.2 Å². The Labute approximate surface area is 144 Å². The topological polar surface area (TPSA) is 202 Å². The maximum absolute atomic E-state index is 12.2. The number of carboxylic acids is 2. The molecule has 0 rings (SSSR count). The summed E-state index contributed by atoms with van der Waals surface area (Å²) >= 11 is 0. The number of primary amides is 1. The third kappa shape index (κ3) is 8.65. The minimum atomic E-state index is -1.59. The molecule has 0 aromatic carbocycles. The van der Waals surface area contributed by atoms with Crippen LogP contribution in [0.2, 0.25) is 0 Å². The van der Waals surface area contributed by atoms with Gasteiger partial charge in [-0.15, -0.1) is 0 Å². The molecule has 142 valence electrons. The first-order valence-electron chi connectivity index (χ1n) is 7.54. The van der Waals surface area contributed by atoms with E-state index < -0.39 is 60.6 Å². The summed E-state index contributed by atoms with van der Waals surface area (Å²) in [6.45, 7) is 3.37. The lowest BCUT2D eigenvalue weighted by atomic mass is 10.0. The summed E-state index contributed by atoms with van der Waals surface area (Å²) in [5, 5.41) is 22.1. The molecule has 0 unspecified atom stereocenters. The molecule has 0 aromatic rings. The fraction of sp³-hybridized carbons (Fsp3) is 0.643. The molecule has 0 spiro atoms. The predicted octanol–water partition coefficient (Wildman–Crippen LogP) is -2.24. The maximum atomic E-state index is 12.2. The number of rotatable bonds is 11. The number of amides is 3. The van der Waals surface area contributed by atoms with Crippen LogP contribution in [-0.4, -0.2) is 58.0 Å². The SMILES string of the molecule is CC(C)[C@H](N)C(=O)N[C@@H](CCC(=O)O)C(=O)N[C@@H](CC(N)=O)C(=O)O. The molecule has 8 N–H and O–H groups in total. The van der Waals surface area contributed by atoms with Gasteiger partial charge in [0, 0.05) is 6.42 Å². The van der Waals surface area contributed by atoms with Gasteiger partial charge in [-0.05, 0) is 12.3 Å². The van der Waals surface area contributed by atoms with Gasteiger partial charge < -0.3 is 32.3 Å². The zero-order valence-electron chi connectivity index (χ0n) is 14.0. The second-order valence-corrected chi connectivity index (χ2v) is 5.83. The molecule has 0 saturated heterocycles. The maximum Gasteiger partial charge on any atom is 0.326 e. The molecule has 0 radical (unpaired) electrons. The highest BCUT2D eigenvalue weighted by atomic mass is 16.4. The molecule has 0 aliphatic rings. The van der Waals surface area contributed by atoms with Crippen molar-refractivity contribution in [3.63, 3.8) is 0 Å². The number of carboxylic acid groups (broad SMARTS) is 2. The van der Waals surface area contributed by atoms with Crippen LogP contribution in [0.1, 0.15) is 33.1 Å². The first-order chi connectivity index (χ1) is 11.5. The first kappa shape index (κ1) is 22.3. The van der Waals surface area contributed by atoms with Gasteiger partial charge in [-0.25, -0.2) is 4.79 Å². The molecule has 11 heteroatoms. The second kappa shape index (κ2) is 10.2. The van der Waals surface area contributed by atoms with E-state index in [4.69, 9.17) is 21.7 Å². The Morgan fingerprint density at radius 2 is 1.48 bits per heavy atom. The Bertz CT molecular complexity index is 535. The van der Waals surface area contributed by atoms with E-state index in [1.807, 2.05) is 0 Å². The van der Waals surface area contributed by atoms with Crippen molar-refractivity contribution >= 4 is 29.7 Å². The van der Waals surface area contributed by atoms with Crippen molar-refractivity contribution in [1.29, 1.82) is 0 Å². The van der Waals surface area contributed by atoms with Crippen molar-refractivity contribution in [3.05, 3.63) is 0 Å². The fourth-order valence-electron chi connectivity index (χ4n) is 1.78. The minimum Gasteiger partial charge on any atom is -0.481 e. The van der Waals surface area contributed by atoms with E-state index in [0.29, 0.717) is 0 Å². The van der Waals surface area contributed by atoms with E-state index in [0.717, 1.165) is 0 Å². The predicted molar refractivity (Wildman–Crippen MR) is 85.0 cm³/mol. The zero-order chi connectivity index (χ0) is 19.7. The summed E-state index contributed by atoms with van der Waals surface area (Å²) in [5.74, 6) is -5.49. The van der Waals surface area contributed by atoms with Crippen molar-refractivity contribution in [2.45, 2.75) is 51.2 Å². The largest absolute Gasteiger partial charge is 0.481 e. The normalized spacial score (nSPS) is 14.2. The van der Waals surface area contributed by atoms with Crippen molar-refractivity contribution in [1.82, 2.24) is 10.6 Å². The van der Waals surface area contributed by atoms with Gasteiger partial charge >= 0.3 is 11.9 Å². The van der Waals surface area contributed by atoms with E-state index in [2.05, 4.69) is 10.6 Å². The molecule has 11 nitrogen and oxygen atoms in total. The number of hydrogen-bond acceptors (Lipinski definition) is 6. The number of aliphatic carboxylic acids is 2. The summed E-state index contributed by atoms with van der Waals surface area (Å²) in [4.78, 5) is 56.8. The van der Waals surface area contributed by atoms with Crippen LogP contribution in [0.25, 0.3) is 0 Å². The molecular formula is C14H24N4O7. The van der Waals surface area contributed by atoms with Crippen molar-refractivity contribution < 1.29 is 34.2 Å². The summed E-state index contributed by atoms with van der Waals surface area (Å²) in [5.41, 5.74) is 10.6. The molecule has 0 aliphatic heterocycles. The third-order valence-corrected chi connectivity index (χ3v) is 3.32. The number of nitrogens with one attached hydrogen (secondary N) is 2. The number of hydrogen-bond donors (Lipinski definition) is 6. The smallest absolute Gasteiger partial charge is 0.326 e. The average Bonchev–Trinajstić information content (AvgIpc) is 2.48. The third-order valence-electron chi connectivity index (χ3n) is 3.32. The Balaban J connectivity index is 5.13. The lowest BCUT2D eigenvalue weighted by Gasteiger charge is -2.23. The number of carbonyl (C=O) groups is 5. The summed E-state index contributed by atoms with van der Waals surface area (Å²) < 4.78 is 0. The highest BCUT2D eigenvalue weighted by molar-refractivity contribution is 5.93. The highest BCUT2D eigenvalue weighted by Crippen LogP contribution is 2.04. The van der Waals surface area contributed by atoms with Crippen LogP contribution in [0.15, 0.2) is 0 Å². The van der Waals surface area contributed by atoms with Crippen molar-refractivity contribution in [3.8, 4) is 0 Å². The lowest BCUT2D eigenvalue weighted by molar-refractivity contribution is -0.144. The van der Waals surface area contributed by atoms with Gasteiger partial charge in [-0.1, -0.05) is 13.8 Å². The average molecular weight is 360 g/mol. The van der Waals surface area contributed by atoms with E-state index >= 15 is 0 Å². The van der Waals surface area contributed by atoms with Crippen LogP contribution in [0.3, 0.4) is 0 Å². The van der Waals surface area contributed by atoms with Crippen LogP contribution in [0.4, 0.5) is 0 Å². The standard InChI is InChI=1S/C14H24N4O7/c1-6(2)11(16)13(23)17-7(3-4-10(20)21)12(22)18-8(14(24)25)5-9(15)19/h6-8,11H,3-5,16H2,1-2H3,(H2,15,19)(H,17,23)(H,18,22)(H,20,21)(H,24,25)/t7-,8-,11-/m0/s1. The Hall–Kier alpha value is -2.69. The molecule has 3 atom stereocenters. The summed E-state index contributed by atoms with van der Waals surface area (Å²) in [6.07, 6.45) is -1.37. The number of carbonyl (C=O) groups excluding carboxylic acids is 3. The minimum absolute atomic E-state index is 0.232. The molecule has 0 fully saturated rings. The van der Waals surface area contributed by atoms with Crippen LogP contribution in [0.5, 0.6) is 0 Å². The summed E-state index contributed by atoms with van der Waals surface area (Å²) in [7, 11) is 0. The molecular weight excluding hydrogens is 336 g/mol. The molecule has 0 bridgehead atoms. The van der Waals surface area contributed by atoms with Gasteiger partial charge in [0.05, 0.1) is 12.5 Å². The van der Waals surface area contributed by atoms with E-state index in [1.54, 1.807) is 13.8 Å². The van der Waals surface area contributed by atoms with E-state index in [9.17, 15) is 24.0 Å². The van der Waals surface area contributed by atoms with Gasteiger partial charge in [0.15, 0.2) is 0 Å². The van der Waals surface area contributed by atoms with Crippen molar-refractivity contribution in [2.24, 2.45) is 17.4 Å². The molecule has 3 amide bonds. The van der Waals surface area contributed by atoms with Gasteiger partial charge in [0.2, 0.25) is 17.7 Å². The zero-order valence-corrected chi connectivity index (χ0v) is 14.0. The molecule has 0 aliphatic carbocycles. The molecule has 25 heavy (non-hydrogen) atoms. The Morgan fingerprint density at radius 3 is 1.88 bits per heavy atom. The summed E-state index contributed by atoms with van der Waals surface area (Å²) in [6, 6.07) is -3.84. The second-order valence-electron chi connectivity index (χ2n) is 5.83. The van der Waals surface area contributed by atoms with Crippen molar-refractivity contribution in [2.75, 3.05) is 0 Å². The van der Waals surface area contributed by atoms with Crippen LogP contribution in [-0.2, 0) is 24.0 Å². The highest BCUT2D eigenvalue weighted by Gasteiger charge is 2.29. The van der Waals surface area contributed by atoms with E-state index in [1.165, 1.54) is 0 Å². The van der Waals surface area contributed by atoms with Crippen LogP contribution in [0, 0.1) is 5.92 Å². The molecule has 0 saturated carbocycles. The first-order valence-corrected chi connectivity index (χ1v) is 7.54. The lowest BCUT2D eigenvalue weighted by Crippen LogP contribution is -2.55. The van der Waals surface area contributed by atoms with E-state index in [-0.39, 0.29) is 12.3 Å². The Kier molecular flexibility index (Phi) is 9.13. The monoisotopic (exact) mass is 360 g/mol. The van der Waals surface area contributed by atoms with Gasteiger partial charge in [0.25, 0.3) is 0 Å². The molecule has 0 heterocycles. The number of nitrogens with two attached hydrogens (primary N) is 2. The fourth-order valence-corrected chi connectivity index (χ4v) is 1.78.